The summed E-state index contributed by atoms with van der Waals surface area (Å²) in [5, 5.41) is 3.55. The third-order valence-electron chi connectivity index (χ3n) is 3.82. The highest BCUT2D eigenvalue weighted by Crippen LogP contribution is 2.30. The Hall–Kier alpha value is -1.26. The number of benzene rings is 1. The Kier molecular flexibility index (Phi) is 5.05. The maximum atomic E-state index is 5.98. The Morgan fingerprint density at radius 2 is 1.89 bits per heavy atom. The number of methoxy groups -OCH3 is 2. The first-order valence-corrected chi connectivity index (χ1v) is 6.92. The highest BCUT2D eigenvalue weighted by atomic mass is 16.5. The lowest BCUT2D eigenvalue weighted by Crippen LogP contribution is -2.32. The van der Waals surface area contributed by atoms with E-state index in [1.807, 2.05) is 0 Å². The lowest BCUT2D eigenvalue weighted by Gasteiger charge is -2.15. The fourth-order valence-electron chi connectivity index (χ4n) is 2.70. The molecule has 1 atom stereocenters. The van der Waals surface area contributed by atoms with Crippen molar-refractivity contribution < 1.29 is 9.47 Å². The Morgan fingerprint density at radius 1 is 1.21 bits per heavy atom. The summed E-state index contributed by atoms with van der Waals surface area (Å²) in [6, 6.07) is 4.74. The number of hydrogen-bond donors (Lipinski definition) is 2. The van der Waals surface area contributed by atoms with E-state index < -0.39 is 0 Å². The highest BCUT2D eigenvalue weighted by Gasteiger charge is 2.17. The molecule has 0 radical (unpaired) electrons. The average Bonchev–Trinajstić information content (AvgIpc) is 2.61. The summed E-state index contributed by atoms with van der Waals surface area (Å²) >= 11 is 0. The van der Waals surface area contributed by atoms with Gasteiger partial charge >= 0.3 is 0 Å². The van der Waals surface area contributed by atoms with Gasteiger partial charge in [0.2, 0.25) is 0 Å². The molecule has 4 heteroatoms. The molecule has 0 saturated carbocycles. The maximum Gasteiger partial charge on any atom is 0.142 e. The molecule has 1 aromatic carbocycles. The minimum Gasteiger partial charge on any atom is -0.495 e. The number of anilines is 1. The Morgan fingerprint density at radius 3 is 2.53 bits per heavy atom. The molecule has 4 nitrogen and oxygen atoms in total. The minimum absolute atomic E-state index is 0.565. The topological polar surface area (TPSA) is 56.5 Å². The van der Waals surface area contributed by atoms with Crippen molar-refractivity contribution in [3.63, 3.8) is 0 Å². The molecular weight excluding hydrogens is 240 g/mol. The van der Waals surface area contributed by atoms with Crippen LogP contribution < -0.4 is 15.8 Å². The number of ether oxygens (including phenoxy) is 2. The number of nitrogen functional groups attached to an aromatic ring is 1. The smallest absolute Gasteiger partial charge is 0.142 e. The van der Waals surface area contributed by atoms with Crippen LogP contribution in [-0.2, 0) is 17.6 Å². The van der Waals surface area contributed by atoms with Crippen LogP contribution in [0.3, 0.4) is 0 Å². The van der Waals surface area contributed by atoms with E-state index in [2.05, 4.69) is 17.4 Å². The molecule has 3 N–H and O–H groups in total. The van der Waals surface area contributed by atoms with Gasteiger partial charge in [-0.05, 0) is 48.9 Å². The minimum atomic E-state index is 0.565. The van der Waals surface area contributed by atoms with Crippen LogP contribution in [0.5, 0.6) is 5.75 Å². The fraction of sp³-hybridized carbons (Fsp3) is 0.600. The van der Waals surface area contributed by atoms with Crippen molar-refractivity contribution in [3.05, 3.63) is 23.3 Å². The van der Waals surface area contributed by atoms with Crippen LogP contribution in [-0.4, -0.2) is 33.4 Å². The van der Waals surface area contributed by atoms with Gasteiger partial charge in [0.25, 0.3) is 0 Å². The molecular formula is C15H24N2O2. The highest BCUT2D eigenvalue weighted by molar-refractivity contribution is 5.57. The molecule has 0 heterocycles. The van der Waals surface area contributed by atoms with Gasteiger partial charge in [-0.15, -0.1) is 0 Å². The molecule has 1 aliphatic rings. The molecule has 0 saturated heterocycles. The third kappa shape index (κ3) is 3.61. The molecule has 106 valence electrons. The summed E-state index contributed by atoms with van der Waals surface area (Å²) in [5.74, 6) is 0.796. The largest absolute Gasteiger partial charge is 0.495 e. The fourth-order valence-corrected chi connectivity index (χ4v) is 2.70. The Bertz CT molecular complexity index is 421. The Balaban J connectivity index is 2.01. The van der Waals surface area contributed by atoms with Gasteiger partial charge in [-0.2, -0.15) is 0 Å². The predicted molar refractivity (Wildman–Crippen MR) is 77.7 cm³/mol. The van der Waals surface area contributed by atoms with Crippen LogP contribution in [0.4, 0.5) is 5.69 Å². The summed E-state index contributed by atoms with van der Waals surface area (Å²) in [5.41, 5.74) is 9.47. The van der Waals surface area contributed by atoms with Gasteiger partial charge in [0.1, 0.15) is 5.75 Å². The molecule has 0 aromatic heterocycles. The van der Waals surface area contributed by atoms with Crippen molar-refractivity contribution in [1.29, 1.82) is 0 Å². The number of nitrogens with one attached hydrogen (secondary N) is 1. The number of fused-ring (bicyclic) bond motifs is 1. The van der Waals surface area contributed by atoms with E-state index >= 15 is 0 Å². The third-order valence-corrected chi connectivity index (χ3v) is 3.82. The maximum absolute atomic E-state index is 5.98. The number of rotatable bonds is 5. The summed E-state index contributed by atoms with van der Waals surface area (Å²) in [7, 11) is 3.41. The second-order valence-electron chi connectivity index (χ2n) is 5.08. The van der Waals surface area contributed by atoms with Gasteiger partial charge < -0.3 is 20.5 Å². The van der Waals surface area contributed by atoms with E-state index in [9.17, 15) is 0 Å². The van der Waals surface area contributed by atoms with Gasteiger partial charge in [0, 0.05) is 19.7 Å². The molecule has 0 bridgehead atoms. The first kappa shape index (κ1) is 14.2. The predicted octanol–water partition coefficient (Wildman–Crippen LogP) is 1.76. The van der Waals surface area contributed by atoms with Crippen LogP contribution in [0.2, 0.25) is 0 Å². The average molecular weight is 264 g/mol. The molecule has 1 unspecified atom stereocenters. The van der Waals surface area contributed by atoms with E-state index in [1.54, 1.807) is 14.2 Å². The van der Waals surface area contributed by atoms with Crippen molar-refractivity contribution in [1.82, 2.24) is 5.32 Å². The van der Waals surface area contributed by atoms with Gasteiger partial charge in [0.05, 0.1) is 19.4 Å². The van der Waals surface area contributed by atoms with Crippen LogP contribution in [0, 0.1) is 0 Å². The summed E-state index contributed by atoms with van der Waals surface area (Å²) < 4.78 is 10.4. The standard InChI is InChI=1S/C15H24N2O2/c1-18-8-7-17-13-5-3-11-9-14(16)15(19-2)10-12(11)4-6-13/h9-10,13,17H,3-8,16H2,1-2H3. The van der Waals surface area contributed by atoms with E-state index in [0.29, 0.717) is 6.04 Å². The molecule has 0 fully saturated rings. The van der Waals surface area contributed by atoms with Crippen molar-refractivity contribution in [2.75, 3.05) is 33.1 Å². The van der Waals surface area contributed by atoms with Gasteiger partial charge in [-0.3, -0.25) is 0 Å². The van der Waals surface area contributed by atoms with Crippen LogP contribution in [0.1, 0.15) is 24.0 Å². The molecule has 0 aliphatic heterocycles. The zero-order valence-corrected chi connectivity index (χ0v) is 11.9. The molecule has 0 amide bonds. The van der Waals surface area contributed by atoms with Crippen LogP contribution in [0.25, 0.3) is 0 Å². The van der Waals surface area contributed by atoms with Gasteiger partial charge in [-0.1, -0.05) is 0 Å². The van der Waals surface area contributed by atoms with Crippen molar-refractivity contribution in [2.45, 2.75) is 31.7 Å². The van der Waals surface area contributed by atoms with Gasteiger partial charge in [-0.25, -0.2) is 0 Å². The van der Waals surface area contributed by atoms with Gasteiger partial charge in [0.15, 0.2) is 0 Å². The molecule has 0 spiro atoms. The first-order valence-electron chi connectivity index (χ1n) is 6.92. The quantitative estimate of drug-likeness (QED) is 0.483. The first-order chi connectivity index (χ1) is 9.24. The summed E-state index contributed by atoms with van der Waals surface area (Å²) in [6.07, 6.45) is 4.47. The molecule has 2 rings (SSSR count). The van der Waals surface area contributed by atoms with Crippen molar-refractivity contribution in [2.24, 2.45) is 0 Å². The second-order valence-corrected chi connectivity index (χ2v) is 5.08. The van der Waals surface area contributed by atoms with Crippen LogP contribution >= 0.6 is 0 Å². The SMILES string of the molecule is COCCNC1CCc2cc(N)c(OC)cc2CC1. The number of hydrogen-bond acceptors (Lipinski definition) is 4. The lowest BCUT2D eigenvalue weighted by atomic mass is 10.0. The molecule has 1 aromatic rings. The molecule has 1 aliphatic carbocycles. The number of aryl methyl sites for hydroxylation is 2. The van der Waals surface area contributed by atoms with Crippen molar-refractivity contribution >= 4 is 5.69 Å². The monoisotopic (exact) mass is 264 g/mol. The zero-order valence-electron chi connectivity index (χ0n) is 11.9. The van der Waals surface area contributed by atoms with E-state index in [1.165, 1.54) is 11.1 Å². The van der Waals surface area contributed by atoms with E-state index in [0.717, 1.165) is 50.3 Å². The summed E-state index contributed by atoms with van der Waals surface area (Å²) in [6.45, 7) is 1.69. The zero-order chi connectivity index (χ0) is 13.7. The molecule has 19 heavy (non-hydrogen) atoms. The van der Waals surface area contributed by atoms with E-state index in [4.69, 9.17) is 15.2 Å². The van der Waals surface area contributed by atoms with Crippen LogP contribution in [0.15, 0.2) is 12.1 Å². The summed E-state index contributed by atoms with van der Waals surface area (Å²) in [4.78, 5) is 0. The number of nitrogens with two attached hydrogens (primary N) is 1. The van der Waals surface area contributed by atoms with Crippen molar-refractivity contribution in [3.8, 4) is 5.75 Å². The van der Waals surface area contributed by atoms with E-state index in [-0.39, 0.29) is 0 Å². The second kappa shape index (κ2) is 6.78. The Labute approximate surface area is 115 Å². The lowest BCUT2D eigenvalue weighted by molar-refractivity contribution is 0.194. The normalized spacial score (nSPS) is 18.7.